The van der Waals surface area contributed by atoms with Gasteiger partial charge in [0, 0.05) is 37.5 Å². The summed E-state index contributed by atoms with van der Waals surface area (Å²) in [6.07, 6.45) is 9.34. The van der Waals surface area contributed by atoms with E-state index in [0.29, 0.717) is 17.7 Å². The van der Waals surface area contributed by atoms with Gasteiger partial charge in [-0.3, -0.25) is 4.90 Å². The molecule has 2 aliphatic rings. The SMILES string of the molecule is CCC(C)COC1CCC(C)(N2CCC(Nc3cc(S(C)(=O)=O)ccc3O)CC2)CC1. The number of likely N-dealkylation sites (tertiary alicyclic amines) is 1. The molecule has 3 rings (SSSR count). The maximum absolute atomic E-state index is 11.8. The third kappa shape index (κ3) is 6.36. The van der Waals surface area contributed by atoms with Gasteiger partial charge in [0.2, 0.25) is 0 Å². The summed E-state index contributed by atoms with van der Waals surface area (Å²) in [6.45, 7) is 9.77. The Bertz CT molecular complexity index is 826. The molecule has 1 saturated heterocycles. The molecule has 6 nitrogen and oxygen atoms in total. The van der Waals surface area contributed by atoms with Crippen LogP contribution >= 0.6 is 0 Å². The van der Waals surface area contributed by atoms with Crippen molar-refractivity contribution in [3.63, 3.8) is 0 Å². The number of piperidine rings is 1. The monoisotopic (exact) mass is 452 g/mol. The Morgan fingerprint density at radius 3 is 2.45 bits per heavy atom. The fourth-order valence-electron chi connectivity index (χ4n) is 4.76. The van der Waals surface area contributed by atoms with Crippen molar-refractivity contribution in [1.82, 2.24) is 4.90 Å². The Morgan fingerprint density at radius 1 is 1.23 bits per heavy atom. The van der Waals surface area contributed by atoms with E-state index in [4.69, 9.17) is 4.74 Å². The molecule has 31 heavy (non-hydrogen) atoms. The molecular weight excluding hydrogens is 412 g/mol. The van der Waals surface area contributed by atoms with Gasteiger partial charge in [-0.25, -0.2) is 8.42 Å². The lowest BCUT2D eigenvalue weighted by molar-refractivity contribution is -0.0365. The summed E-state index contributed by atoms with van der Waals surface area (Å²) in [6, 6.07) is 4.67. The number of rotatable bonds is 8. The van der Waals surface area contributed by atoms with E-state index in [9.17, 15) is 13.5 Å². The number of nitrogens with one attached hydrogen (secondary N) is 1. The number of aromatic hydroxyl groups is 1. The van der Waals surface area contributed by atoms with Crippen molar-refractivity contribution in [1.29, 1.82) is 0 Å². The minimum Gasteiger partial charge on any atom is -0.506 e. The molecule has 1 unspecified atom stereocenters. The van der Waals surface area contributed by atoms with Crippen LogP contribution in [0.1, 0.15) is 65.7 Å². The zero-order chi connectivity index (χ0) is 22.6. The average molecular weight is 453 g/mol. The number of anilines is 1. The van der Waals surface area contributed by atoms with Crippen molar-refractivity contribution in [2.45, 2.75) is 88.3 Å². The molecule has 1 heterocycles. The highest BCUT2D eigenvalue weighted by atomic mass is 32.2. The van der Waals surface area contributed by atoms with Crippen LogP contribution in [0.3, 0.4) is 0 Å². The molecule has 2 N–H and O–H groups in total. The normalized spacial score (nSPS) is 27.2. The molecule has 176 valence electrons. The Balaban J connectivity index is 1.50. The van der Waals surface area contributed by atoms with Crippen LogP contribution in [-0.2, 0) is 14.6 Å². The van der Waals surface area contributed by atoms with Crippen LogP contribution in [0.4, 0.5) is 5.69 Å². The first-order valence-corrected chi connectivity index (χ1v) is 13.7. The highest BCUT2D eigenvalue weighted by Gasteiger charge is 2.38. The number of hydrogen-bond donors (Lipinski definition) is 2. The number of sulfone groups is 1. The summed E-state index contributed by atoms with van der Waals surface area (Å²) >= 11 is 0. The molecule has 2 fully saturated rings. The summed E-state index contributed by atoms with van der Waals surface area (Å²) < 4.78 is 29.8. The van der Waals surface area contributed by atoms with E-state index in [1.54, 1.807) is 6.07 Å². The van der Waals surface area contributed by atoms with Crippen molar-refractivity contribution < 1.29 is 18.3 Å². The van der Waals surface area contributed by atoms with Gasteiger partial charge in [0.1, 0.15) is 5.75 Å². The predicted octanol–water partition coefficient (Wildman–Crippen LogP) is 4.44. The third-order valence-electron chi connectivity index (χ3n) is 7.34. The van der Waals surface area contributed by atoms with Crippen LogP contribution < -0.4 is 5.32 Å². The quantitative estimate of drug-likeness (QED) is 0.568. The third-order valence-corrected chi connectivity index (χ3v) is 8.45. The Labute approximate surface area is 188 Å². The van der Waals surface area contributed by atoms with Gasteiger partial charge in [0.05, 0.1) is 16.7 Å². The van der Waals surface area contributed by atoms with Crippen molar-refractivity contribution in [3.05, 3.63) is 18.2 Å². The molecule has 1 aliphatic carbocycles. The second kappa shape index (κ2) is 10.1. The number of phenols is 1. The standard InChI is InChI=1S/C24H40N2O4S/c1-5-18(2)17-30-20-8-12-24(3,13-9-20)26-14-10-19(11-15-26)25-22-16-21(31(4,28)29)6-7-23(22)27/h6-7,16,18-20,25,27H,5,8-15,17H2,1-4H3. The fraction of sp³-hybridized carbons (Fsp3) is 0.750. The fourth-order valence-corrected chi connectivity index (χ4v) is 5.41. The molecule has 0 bridgehead atoms. The smallest absolute Gasteiger partial charge is 0.175 e. The number of nitrogens with zero attached hydrogens (tertiary/aromatic N) is 1. The highest BCUT2D eigenvalue weighted by molar-refractivity contribution is 7.90. The summed E-state index contributed by atoms with van der Waals surface area (Å²) in [7, 11) is -3.30. The number of benzene rings is 1. The second-order valence-electron chi connectivity index (χ2n) is 9.90. The van der Waals surface area contributed by atoms with Gasteiger partial charge in [-0.15, -0.1) is 0 Å². The van der Waals surface area contributed by atoms with Crippen LogP contribution in [0.2, 0.25) is 0 Å². The Hall–Kier alpha value is -1.31. The first-order valence-electron chi connectivity index (χ1n) is 11.8. The van der Waals surface area contributed by atoms with Crippen molar-refractivity contribution in [3.8, 4) is 5.75 Å². The molecule has 1 aromatic rings. The van der Waals surface area contributed by atoms with Crippen molar-refractivity contribution in [2.75, 3.05) is 31.3 Å². The minimum absolute atomic E-state index is 0.0949. The van der Waals surface area contributed by atoms with Crippen LogP contribution in [0, 0.1) is 5.92 Å². The molecule has 1 saturated carbocycles. The number of hydrogen-bond acceptors (Lipinski definition) is 6. The first-order chi connectivity index (χ1) is 14.6. The van der Waals surface area contributed by atoms with Gasteiger partial charge >= 0.3 is 0 Å². The van der Waals surface area contributed by atoms with Gasteiger partial charge in [-0.2, -0.15) is 0 Å². The van der Waals surface area contributed by atoms with Gasteiger partial charge in [0.25, 0.3) is 0 Å². The van der Waals surface area contributed by atoms with Crippen LogP contribution in [-0.4, -0.2) is 62.1 Å². The lowest BCUT2D eigenvalue weighted by Gasteiger charge is -2.48. The molecule has 0 spiro atoms. The number of phenolic OH excluding ortho intramolecular Hbond substituents is 1. The maximum Gasteiger partial charge on any atom is 0.175 e. The summed E-state index contributed by atoms with van der Waals surface area (Å²) in [5.74, 6) is 0.731. The van der Waals surface area contributed by atoms with E-state index >= 15 is 0 Å². The predicted molar refractivity (Wildman–Crippen MR) is 126 cm³/mol. The Kier molecular flexibility index (Phi) is 7.92. The molecule has 0 amide bonds. The average Bonchev–Trinajstić information content (AvgIpc) is 2.74. The summed E-state index contributed by atoms with van der Waals surface area (Å²) in [4.78, 5) is 2.85. The zero-order valence-electron chi connectivity index (χ0n) is 19.6. The van der Waals surface area contributed by atoms with E-state index in [2.05, 4.69) is 31.0 Å². The van der Waals surface area contributed by atoms with Gasteiger partial charge < -0.3 is 15.2 Å². The van der Waals surface area contributed by atoms with Gasteiger partial charge in [-0.1, -0.05) is 20.3 Å². The molecule has 0 aromatic heterocycles. The molecular formula is C24H40N2O4S. The summed E-state index contributed by atoms with van der Waals surface area (Å²) in [5.41, 5.74) is 0.742. The largest absolute Gasteiger partial charge is 0.506 e. The van der Waals surface area contributed by atoms with Crippen molar-refractivity contribution >= 4 is 15.5 Å². The highest BCUT2D eigenvalue weighted by Crippen LogP contribution is 2.37. The van der Waals surface area contributed by atoms with Gasteiger partial charge in [0.15, 0.2) is 9.84 Å². The second-order valence-corrected chi connectivity index (χ2v) is 11.9. The lowest BCUT2D eigenvalue weighted by atomic mass is 9.79. The van der Waals surface area contributed by atoms with E-state index in [1.807, 2.05) is 0 Å². The maximum atomic E-state index is 11.8. The molecule has 7 heteroatoms. The zero-order valence-corrected chi connectivity index (χ0v) is 20.4. The molecule has 1 atom stereocenters. The number of ether oxygens (including phenoxy) is 1. The van der Waals surface area contributed by atoms with Crippen LogP contribution in [0.5, 0.6) is 5.75 Å². The molecule has 1 aromatic carbocycles. The van der Waals surface area contributed by atoms with Gasteiger partial charge in [-0.05, 0) is 69.6 Å². The van der Waals surface area contributed by atoms with E-state index in [1.165, 1.54) is 37.7 Å². The van der Waals surface area contributed by atoms with E-state index in [-0.39, 0.29) is 22.2 Å². The molecule has 0 radical (unpaired) electrons. The van der Waals surface area contributed by atoms with Crippen molar-refractivity contribution in [2.24, 2.45) is 5.92 Å². The molecule has 1 aliphatic heterocycles. The topological polar surface area (TPSA) is 78.9 Å². The van der Waals surface area contributed by atoms with Crippen LogP contribution in [0.15, 0.2) is 23.1 Å². The van der Waals surface area contributed by atoms with E-state index in [0.717, 1.165) is 45.4 Å². The Morgan fingerprint density at radius 2 is 1.87 bits per heavy atom. The van der Waals surface area contributed by atoms with Crippen LogP contribution in [0.25, 0.3) is 0 Å². The minimum atomic E-state index is -3.30. The first kappa shape index (κ1) is 24.3. The lowest BCUT2D eigenvalue weighted by Crippen LogP contribution is -2.53. The summed E-state index contributed by atoms with van der Waals surface area (Å²) in [5, 5.41) is 13.5. The van der Waals surface area contributed by atoms with E-state index < -0.39 is 9.84 Å².